The minimum atomic E-state index is -0.191. The molecule has 0 radical (unpaired) electrons. The maximum absolute atomic E-state index is 11.9. The van der Waals surface area contributed by atoms with E-state index in [-0.39, 0.29) is 29.8 Å². The Morgan fingerprint density at radius 2 is 2.10 bits per heavy atom. The van der Waals surface area contributed by atoms with Crippen molar-refractivity contribution in [1.82, 2.24) is 5.32 Å². The number of carbonyl (C=O) groups excluding carboxylic acids is 1. The number of nitrogens with two attached hydrogens (primary N) is 1. The first-order valence-electron chi connectivity index (χ1n) is 7.17. The summed E-state index contributed by atoms with van der Waals surface area (Å²) in [6.45, 7) is 3.21. The van der Waals surface area contributed by atoms with Gasteiger partial charge in [0.2, 0.25) is 5.91 Å². The van der Waals surface area contributed by atoms with Gasteiger partial charge in [0, 0.05) is 25.6 Å². The lowest BCUT2D eigenvalue weighted by molar-refractivity contribution is -0.123. The highest BCUT2D eigenvalue weighted by atomic mass is 35.5. The van der Waals surface area contributed by atoms with Crippen LogP contribution in [-0.4, -0.2) is 32.2 Å². The second kappa shape index (κ2) is 7.78. The van der Waals surface area contributed by atoms with Gasteiger partial charge in [0.1, 0.15) is 0 Å². The van der Waals surface area contributed by atoms with Crippen molar-refractivity contribution in [2.75, 3.05) is 20.2 Å². The van der Waals surface area contributed by atoms with Crippen molar-refractivity contribution in [2.45, 2.75) is 37.7 Å². The van der Waals surface area contributed by atoms with Crippen LogP contribution < -0.4 is 11.1 Å². The molecule has 0 spiro atoms. The van der Waals surface area contributed by atoms with Crippen LogP contribution in [0.15, 0.2) is 24.3 Å². The number of ether oxygens (including phenoxy) is 1. The maximum atomic E-state index is 11.9. The van der Waals surface area contributed by atoms with Gasteiger partial charge in [0.05, 0.1) is 12.5 Å². The number of methoxy groups -OCH3 is 1. The number of carbonyl (C=O) groups is 1. The highest BCUT2D eigenvalue weighted by Crippen LogP contribution is 2.48. The molecule has 1 atom stereocenters. The highest BCUT2D eigenvalue weighted by molar-refractivity contribution is 5.85. The molecular formula is C16H25ClN2O2. The molecule has 4 nitrogen and oxygen atoms in total. The fourth-order valence-electron chi connectivity index (χ4n) is 2.67. The molecule has 0 heterocycles. The smallest absolute Gasteiger partial charge is 0.222 e. The Balaban J connectivity index is 0.00000220. The molecule has 0 aliphatic heterocycles. The van der Waals surface area contributed by atoms with Crippen molar-refractivity contribution in [3.8, 4) is 0 Å². The van der Waals surface area contributed by atoms with E-state index in [0.717, 1.165) is 12.8 Å². The average molecular weight is 313 g/mol. The van der Waals surface area contributed by atoms with E-state index in [1.165, 1.54) is 11.1 Å². The second-order valence-electron chi connectivity index (χ2n) is 5.67. The Morgan fingerprint density at radius 3 is 2.62 bits per heavy atom. The summed E-state index contributed by atoms with van der Waals surface area (Å²) in [5, 5.41) is 3.04. The molecule has 1 aliphatic carbocycles. The fraction of sp³-hybridized carbons (Fsp3) is 0.562. The molecule has 118 valence electrons. The van der Waals surface area contributed by atoms with Crippen LogP contribution in [0.2, 0.25) is 0 Å². The van der Waals surface area contributed by atoms with Crippen LogP contribution in [0.3, 0.4) is 0 Å². The lowest BCUT2D eigenvalue weighted by Gasteiger charge is -2.20. The van der Waals surface area contributed by atoms with E-state index in [9.17, 15) is 4.79 Å². The van der Waals surface area contributed by atoms with Crippen LogP contribution in [-0.2, 0) is 14.9 Å². The Kier molecular flexibility index (Phi) is 6.65. The minimum absolute atomic E-state index is 0. The zero-order chi connectivity index (χ0) is 14.6. The number of hydrogen-bond acceptors (Lipinski definition) is 3. The molecule has 1 fully saturated rings. The number of rotatable bonds is 7. The first kappa shape index (κ1) is 18.0. The van der Waals surface area contributed by atoms with E-state index in [2.05, 4.69) is 36.5 Å². The molecule has 1 saturated carbocycles. The van der Waals surface area contributed by atoms with Crippen molar-refractivity contribution < 1.29 is 9.53 Å². The van der Waals surface area contributed by atoms with E-state index in [0.29, 0.717) is 19.5 Å². The van der Waals surface area contributed by atoms with Crippen molar-refractivity contribution >= 4 is 18.3 Å². The number of halogens is 1. The van der Waals surface area contributed by atoms with Crippen LogP contribution in [0, 0.1) is 6.92 Å². The predicted molar refractivity (Wildman–Crippen MR) is 86.8 cm³/mol. The first-order chi connectivity index (χ1) is 9.61. The van der Waals surface area contributed by atoms with E-state index in [1.807, 2.05) is 0 Å². The number of amides is 1. The van der Waals surface area contributed by atoms with Gasteiger partial charge in [-0.05, 0) is 30.9 Å². The van der Waals surface area contributed by atoms with Gasteiger partial charge in [-0.25, -0.2) is 0 Å². The molecule has 0 saturated heterocycles. The van der Waals surface area contributed by atoms with Crippen LogP contribution >= 0.6 is 12.4 Å². The molecule has 0 aromatic heterocycles. The highest BCUT2D eigenvalue weighted by Gasteiger charge is 2.45. The molecule has 1 aliphatic rings. The summed E-state index contributed by atoms with van der Waals surface area (Å²) in [6, 6.07) is 8.43. The maximum Gasteiger partial charge on any atom is 0.222 e. The fourth-order valence-corrected chi connectivity index (χ4v) is 2.67. The standard InChI is InChI=1S/C16H24N2O2.ClH/c1-12-5-3-4-6-14(12)16(7-8-16)11-18-15(19)9-13(10-17)20-2;/h3-6,13H,7-11,17H2,1-2H3,(H,18,19);1H. The zero-order valence-electron chi connectivity index (χ0n) is 12.7. The van der Waals surface area contributed by atoms with Crippen molar-refractivity contribution in [1.29, 1.82) is 0 Å². The Hall–Kier alpha value is -1.10. The quantitative estimate of drug-likeness (QED) is 0.808. The van der Waals surface area contributed by atoms with E-state index < -0.39 is 0 Å². The molecule has 21 heavy (non-hydrogen) atoms. The van der Waals surface area contributed by atoms with Gasteiger partial charge < -0.3 is 15.8 Å². The molecular weight excluding hydrogens is 288 g/mol. The monoisotopic (exact) mass is 312 g/mol. The molecule has 1 aromatic rings. The van der Waals surface area contributed by atoms with Gasteiger partial charge in [-0.2, -0.15) is 0 Å². The molecule has 1 aromatic carbocycles. The molecule has 3 N–H and O–H groups in total. The third-order valence-electron chi connectivity index (χ3n) is 4.20. The largest absolute Gasteiger partial charge is 0.380 e. The first-order valence-corrected chi connectivity index (χ1v) is 7.17. The molecule has 2 rings (SSSR count). The van der Waals surface area contributed by atoms with E-state index in [1.54, 1.807) is 7.11 Å². The third-order valence-corrected chi connectivity index (χ3v) is 4.20. The Morgan fingerprint density at radius 1 is 1.43 bits per heavy atom. The summed E-state index contributed by atoms with van der Waals surface area (Å²) in [4.78, 5) is 11.9. The summed E-state index contributed by atoms with van der Waals surface area (Å²) < 4.78 is 5.14. The summed E-state index contributed by atoms with van der Waals surface area (Å²) >= 11 is 0. The molecule has 0 bridgehead atoms. The lowest BCUT2D eigenvalue weighted by atomic mass is 9.92. The number of aryl methyl sites for hydroxylation is 1. The molecule has 1 unspecified atom stereocenters. The van der Waals surface area contributed by atoms with Crippen LogP contribution in [0.5, 0.6) is 0 Å². The molecule has 5 heteroatoms. The van der Waals surface area contributed by atoms with Crippen molar-refractivity contribution in [3.05, 3.63) is 35.4 Å². The predicted octanol–water partition coefficient (Wildman–Crippen LogP) is 1.93. The van der Waals surface area contributed by atoms with Crippen molar-refractivity contribution in [3.63, 3.8) is 0 Å². The third kappa shape index (κ3) is 4.43. The van der Waals surface area contributed by atoms with Gasteiger partial charge >= 0.3 is 0 Å². The van der Waals surface area contributed by atoms with Gasteiger partial charge in [0.15, 0.2) is 0 Å². The Bertz CT molecular complexity index is 471. The van der Waals surface area contributed by atoms with Crippen LogP contribution in [0.1, 0.15) is 30.4 Å². The minimum Gasteiger partial charge on any atom is -0.380 e. The van der Waals surface area contributed by atoms with Crippen LogP contribution in [0.25, 0.3) is 0 Å². The molecule has 1 amide bonds. The lowest BCUT2D eigenvalue weighted by Crippen LogP contribution is -2.36. The number of nitrogens with one attached hydrogen (secondary N) is 1. The van der Waals surface area contributed by atoms with Gasteiger partial charge in [-0.1, -0.05) is 24.3 Å². The summed E-state index contributed by atoms with van der Waals surface area (Å²) in [5.41, 5.74) is 8.34. The Labute approximate surface area is 132 Å². The summed E-state index contributed by atoms with van der Waals surface area (Å²) in [6.07, 6.45) is 2.42. The van der Waals surface area contributed by atoms with Gasteiger partial charge in [-0.3, -0.25) is 4.79 Å². The van der Waals surface area contributed by atoms with Crippen LogP contribution in [0.4, 0.5) is 0 Å². The topological polar surface area (TPSA) is 64.3 Å². The van der Waals surface area contributed by atoms with Crippen molar-refractivity contribution in [2.24, 2.45) is 5.73 Å². The van der Waals surface area contributed by atoms with Gasteiger partial charge in [-0.15, -0.1) is 12.4 Å². The average Bonchev–Trinajstić information content (AvgIpc) is 3.24. The number of hydrogen-bond donors (Lipinski definition) is 2. The van der Waals surface area contributed by atoms with Gasteiger partial charge in [0.25, 0.3) is 0 Å². The zero-order valence-corrected chi connectivity index (χ0v) is 13.5. The van der Waals surface area contributed by atoms with E-state index >= 15 is 0 Å². The van der Waals surface area contributed by atoms with E-state index in [4.69, 9.17) is 10.5 Å². The normalized spacial score (nSPS) is 16.7. The second-order valence-corrected chi connectivity index (χ2v) is 5.67. The summed E-state index contributed by atoms with van der Waals surface area (Å²) in [7, 11) is 1.58. The number of benzene rings is 1. The summed E-state index contributed by atoms with van der Waals surface area (Å²) in [5.74, 6) is 0.0159. The SMILES string of the molecule is COC(CN)CC(=O)NCC1(c2ccccc2C)CC1.Cl.